The summed E-state index contributed by atoms with van der Waals surface area (Å²) in [6.45, 7) is 0.657. The van der Waals surface area contributed by atoms with Crippen LogP contribution in [0.5, 0.6) is 0 Å². The van der Waals surface area contributed by atoms with Crippen molar-refractivity contribution in [3.05, 3.63) is 112 Å². The molecule has 0 aliphatic rings. The lowest BCUT2D eigenvalue weighted by molar-refractivity contribution is -0.385. The first kappa shape index (κ1) is 16.9. The minimum atomic E-state index is -0.308. The predicted octanol–water partition coefficient (Wildman–Crippen LogP) is 4.67. The third-order valence-electron chi connectivity index (χ3n) is 4.19. The summed E-state index contributed by atoms with van der Waals surface area (Å²) in [4.78, 5) is 11.1. The molecule has 0 aliphatic carbocycles. The highest BCUT2D eigenvalue weighted by molar-refractivity contribution is 5.43. The van der Waals surface area contributed by atoms with Gasteiger partial charge in [-0.05, 0) is 17.5 Å². The van der Waals surface area contributed by atoms with Gasteiger partial charge in [0.2, 0.25) is 0 Å². The lowest BCUT2D eigenvalue weighted by Gasteiger charge is -2.19. The molecule has 0 aromatic heterocycles. The highest BCUT2D eigenvalue weighted by Crippen LogP contribution is 2.27. The summed E-state index contributed by atoms with van der Waals surface area (Å²) in [5.74, 6) is 0. The SMILES string of the molecule is O=[N+]([O-])c1ccccc1C(Cc1ccccc1)NCc1ccccc1. The summed E-state index contributed by atoms with van der Waals surface area (Å²) in [5, 5.41) is 14.9. The lowest BCUT2D eigenvalue weighted by atomic mass is 9.97. The van der Waals surface area contributed by atoms with E-state index >= 15 is 0 Å². The third-order valence-corrected chi connectivity index (χ3v) is 4.19. The summed E-state index contributed by atoms with van der Waals surface area (Å²) in [7, 11) is 0. The fourth-order valence-electron chi connectivity index (χ4n) is 2.93. The Morgan fingerprint density at radius 2 is 1.36 bits per heavy atom. The molecule has 3 aromatic rings. The first-order chi connectivity index (χ1) is 12.2. The van der Waals surface area contributed by atoms with E-state index in [1.807, 2.05) is 72.8 Å². The maximum atomic E-state index is 11.4. The first-order valence-electron chi connectivity index (χ1n) is 8.28. The predicted molar refractivity (Wildman–Crippen MR) is 99.3 cm³/mol. The van der Waals surface area contributed by atoms with Gasteiger partial charge in [-0.2, -0.15) is 0 Å². The summed E-state index contributed by atoms with van der Waals surface area (Å²) in [5.41, 5.74) is 3.17. The second-order valence-corrected chi connectivity index (χ2v) is 5.92. The van der Waals surface area contributed by atoms with Crippen molar-refractivity contribution in [2.24, 2.45) is 0 Å². The van der Waals surface area contributed by atoms with E-state index in [4.69, 9.17) is 0 Å². The van der Waals surface area contributed by atoms with Crippen LogP contribution in [0.3, 0.4) is 0 Å². The van der Waals surface area contributed by atoms with Crippen molar-refractivity contribution in [3.8, 4) is 0 Å². The standard InChI is InChI=1S/C21H20N2O2/c24-23(25)21-14-8-7-13-19(21)20(15-17-9-3-1-4-10-17)22-16-18-11-5-2-6-12-18/h1-14,20,22H,15-16H2. The summed E-state index contributed by atoms with van der Waals surface area (Å²) >= 11 is 0. The van der Waals surface area contributed by atoms with Crippen molar-refractivity contribution in [1.29, 1.82) is 0 Å². The Balaban J connectivity index is 1.87. The number of rotatable bonds is 7. The van der Waals surface area contributed by atoms with E-state index in [1.54, 1.807) is 12.1 Å². The molecule has 0 heterocycles. The van der Waals surface area contributed by atoms with Crippen LogP contribution in [-0.2, 0) is 13.0 Å². The van der Waals surface area contributed by atoms with Gasteiger partial charge in [-0.25, -0.2) is 0 Å². The molecule has 25 heavy (non-hydrogen) atoms. The number of hydrogen-bond acceptors (Lipinski definition) is 3. The molecule has 1 N–H and O–H groups in total. The number of nitrogens with one attached hydrogen (secondary N) is 1. The molecule has 0 saturated heterocycles. The minimum Gasteiger partial charge on any atom is -0.305 e. The zero-order valence-corrected chi connectivity index (χ0v) is 13.8. The molecular weight excluding hydrogens is 312 g/mol. The molecule has 0 aliphatic heterocycles. The highest BCUT2D eigenvalue weighted by atomic mass is 16.6. The molecule has 0 bridgehead atoms. The van der Waals surface area contributed by atoms with Crippen LogP contribution in [0, 0.1) is 10.1 Å². The van der Waals surface area contributed by atoms with Gasteiger partial charge >= 0.3 is 0 Å². The van der Waals surface area contributed by atoms with Crippen LogP contribution in [0.15, 0.2) is 84.9 Å². The van der Waals surface area contributed by atoms with E-state index in [1.165, 1.54) is 0 Å². The van der Waals surface area contributed by atoms with Crippen molar-refractivity contribution in [3.63, 3.8) is 0 Å². The number of nitro benzene ring substituents is 1. The van der Waals surface area contributed by atoms with E-state index in [-0.39, 0.29) is 16.7 Å². The van der Waals surface area contributed by atoms with Gasteiger partial charge in [0.15, 0.2) is 0 Å². The number of para-hydroxylation sites is 1. The van der Waals surface area contributed by atoms with E-state index in [9.17, 15) is 10.1 Å². The van der Waals surface area contributed by atoms with Crippen LogP contribution in [-0.4, -0.2) is 4.92 Å². The number of nitro groups is 1. The van der Waals surface area contributed by atoms with Gasteiger partial charge < -0.3 is 5.32 Å². The second kappa shape index (κ2) is 8.22. The quantitative estimate of drug-likeness (QED) is 0.505. The topological polar surface area (TPSA) is 55.2 Å². The Hall–Kier alpha value is -2.98. The Morgan fingerprint density at radius 1 is 0.800 bits per heavy atom. The zero-order valence-electron chi connectivity index (χ0n) is 13.8. The molecule has 4 heteroatoms. The van der Waals surface area contributed by atoms with Gasteiger partial charge in [-0.1, -0.05) is 78.9 Å². The van der Waals surface area contributed by atoms with Gasteiger partial charge in [0.1, 0.15) is 0 Å². The third kappa shape index (κ3) is 4.52. The van der Waals surface area contributed by atoms with Crippen LogP contribution in [0.25, 0.3) is 0 Å². The normalized spacial score (nSPS) is 11.8. The summed E-state index contributed by atoms with van der Waals surface area (Å²) in [6.07, 6.45) is 0.693. The van der Waals surface area contributed by atoms with Gasteiger partial charge in [0.05, 0.1) is 4.92 Å². The monoisotopic (exact) mass is 332 g/mol. The minimum absolute atomic E-state index is 0.135. The van der Waals surface area contributed by atoms with Crippen molar-refractivity contribution in [1.82, 2.24) is 5.32 Å². The van der Waals surface area contributed by atoms with Crippen LogP contribution in [0.4, 0.5) is 5.69 Å². The Kier molecular flexibility index (Phi) is 5.54. The molecular formula is C21H20N2O2. The van der Waals surface area contributed by atoms with Gasteiger partial charge in [0.25, 0.3) is 5.69 Å². The van der Waals surface area contributed by atoms with Crippen molar-refractivity contribution in [2.75, 3.05) is 0 Å². The molecule has 0 amide bonds. The van der Waals surface area contributed by atoms with E-state index < -0.39 is 0 Å². The number of benzene rings is 3. The second-order valence-electron chi connectivity index (χ2n) is 5.92. The maximum Gasteiger partial charge on any atom is 0.274 e. The van der Waals surface area contributed by atoms with Crippen LogP contribution in [0.2, 0.25) is 0 Å². The highest BCUT2D eigenvalue weighted by Gasteiger charge is 2.21. The van der Waals surface area contributed by atoms with Crippen molar-refractivity contribution in [2.45, 2.75) is 19.0 Å². The van der Waals surface area contributed by atoms with E-state index in [0.29, 0.717) is 18.5 Å². The number of nitrogens with zero attached hydrogens (tertiary/aromatic N) is 1. The van der Waals surface area contributed by atoms with Crippen molar-refractivity contribution < 1.29 is 4.92 Å². The van der Waals surface area contributed by atoms with Crippen LogP contribution in [0.1, 0.15) is 22.7 Å². The molecule has 1 unspecified atom stereocenters. The lowest BCUT2D eigenvalue weighted by Crippen LogP contribution is -2.23. The summed E-state index contributed by atoms with van der Waals surface area (Å²) < 4.78 is 0. The van der Waals surface area contributed by atoms with E-state index in [0.717, 1.165) is 11.1 Å². The molecule has 4 nitrogen and oxygen atoms in total. The average Bonchev–Trinajstić information content (AvgIpc) is 2.67. The maximum absolute atomic E-state index is 11.4. The molecule has 0 fully saturated rings. The molecule has 126 valence electrons. The fraction of sp³-hybridized carbons (Fsp3) is 0.143. The molecule has 3 aromatic carbocycles. The van der Waals surface area contributed by atoms with Gasteiger partial charge in [0, 0.05) is 24.2 Å². The molecule has 0 spiro atoms. The Bertz CT molecular complexity index is 820. The van der Waals surface area contributed by atoms with Crippen LogP contribution >= 0.6 is 0 Å². The summed E-state index contributed by atoms with van der Waals surface area (Å²) in [6, 6.07) is 26.9. The van der Waals surface area contributed by atoms with E-state index in [2.05, 4.69) is 5.32 Å². The molecule has 3 rings (SSSR count). The fourth-order valence-corrected chi connectivity index (χ4v) is 2.93. The molecule has 1 atom stereocenters. The number of hydrogen-bond donors (Lipinski definition) is 1. The van der Waals surface area contributed by atoms with Crippen molar-refractivity contribution >= 4 is 5.69 Å². The Labute approximate surface area is 147 Å². The molecule has 0 radical (unpaired) electrons. The van der Waals surface area contributed by atoms with Gasteiger partial charge in [-0.3, -0.25) is 10.1 Å². The largest absolute Gasteiger partial charge is 0.305 e. The zero-order chi connectivity index (χ0) is 17.5. The average molecular weight is 332 g/mol. The smallest absolute Gasteiger partial charge is 0.274 e. The van der Waals surface area contributed by atoms with Gasteiger partial charge in [-0.15, -0.1) is 0 Å². The Morgan fingerprint density at radius 3 is 2.00 bits per heavy atom. The van der Waals surface area contributed by atoms with Crippen LogP contribution < -0.4 is 5.32 Å². The molecule has 0 saturated carbocycles. The first-order valence-corrected chi connectivity index (χ1v) is 8.28.